The molecule has 1 saturated carbocycles. The van der Waals surface area contributed by atoms with Crippen molar-refractivity contribution >= 4 is 40.7 Å². The highest BCUT2D eigenvalue weighted by atomic mass is 35.5. The van der Waals surface area contributed by atoms with E-state index in [1.54, 1.807) is 26.2 Å². The molecule has 1 atom stereocenters. The number of esters is 2. The normalized spacial score (nSPS) is 20.6. The van der Waals surface area contributed by atoms with Crippen molar-refractivity contribution < 1.29 is 32.3 Å². The minimum atomic E-state index is -1.21. The van der Waals surface area contributed by atoms with Crippen LogP contribution >= 0.6 is 22.9 Å². The van der Waals surface area contributed by atoms with E-state index in [-0.39, 0.29) is 42.1 Å². The highest BCUT2D eigenvalue weighted by Crippen LogP contribution is 2.41. The Bertz CT molecular complexity index is 1500. The Kier molecular flexibility index (Phi) is 9.32. The molecule has 2 aliphatic rings. The van der Waals surface area contributed by atoms with Crippen molar-refractivity contribution in [3.63, 3.8) is 0 Å². The molecule has 3 heterocycles. The lowest BCUT2D eigenvalue weighted by atomic mass is 9.84. The van der Waals surface area contributed by atoms with Crippen molar-refractivity contribution in [1.82, 2.24) is 14.9 Å². The fourth-order valence-electron chi connectivity index (χ4n) is 5.24. The first-order chi connectivity index (χ1) is 20.3. The van der Waals surface area contributed by atoms with Crippen LogP contribution in [0.4, 0.5) is 8.78 Å². The van der Waals surface area contributed by atoms with Gasteiger partial charge < -0.3 is 18.8 Å². The number of hydrogen-bond donors (Lipinski definition) is 0. The second-order valence-electron chi connectivity index (χ2n) is 9.83. The van der Waals surface area contributed by atoms with Gasteiger partial charge in [-0.3, -0.25) is 9.79 Å². The number of halogens is 3. The number of hydrogen-bond acceptors (Lipinski definition) is 10. The van der Waals surface area contributed by atoms with E-state index in [1.807, 2.05) is 10.3 Å². The van der Waals surface area contributed by atoms with Crippen LogP contribution in [0.2, 0.25) is 5.02 Å². The van der Waals surface area contributed by atoms with Crippen LogP contribution in [-0.2, 0) is 25.5 Å². The number of carbonyl (C=O) groups is 2. The van der Waals surface area contributed by atoms with Gasteiger partial charge in [-0.05, 0) is 45.6 Å². The van der Waals surface area contributed by atoms with Crippen molar-refractivity contribution in [3.8, 4) is 0 Å². The Labute approximate surface area is 250 Å². The molecule has 1 unspecified atom stereocenters. The summed E-state index contributed by atoms with van der Waals surface area (Å²) in [6, 6.07) is 1.22. The summed E-state index contributed by atoms with van der Waals surface area (Å²) >= 11 is 7.60. The zero-order chi connectivity index (χ0) is 29.8. The van der Waals surface area contributed by atoms with Crippen LogP contribution < -0.4 is 0 Å². The standard InChI is InChI=1S/C29H29ClF2N4O5S/c1-3-39-22(37)13-17-15-41-27(34-17)16-5-7-18(8-6-16)36-14-20(29(38)40-4-2)25(35-26(36)28-33-11-12-42-28)19-9-10-21(31)24(32)23(19)30/h9-12,14-16,18,25H,3-8,13H2,1-2H3/t16-,18+,25?. The van der Waals surface area contributed by atoms with Crippen LogP contribution in [0, 0.1) is 11.6 Å². The van der Waals surface area contributed by atoms with Crippen LogP contribution in [0.15, 0.2) is 51.2 Å². The Hall–Kier alpha value is -3.64. The fraction of sp³-hybridized carbons (Fsp3) is 0.414. The van der Waals surface area contributed by atoms with Crippen LogP contribution in [0.25, 0.3) is 0 Å². The number of ether oxygens (including phenoxy) is 2. The number of aliphatic imine (C=N–C) groups is 1. The van der Waals surface area contributed by atoms with E-state index in [0.29, 0.717) is 41.9 Å². The molecule has 0 radical (unpaired) electrons. The lowest BCUT2D eigenvalue weighted by Crippen LogP contribution is -2.42. The Morgan fingerprint density at radius 3 is 2.60 bits per heavy atom. The summed E-state index contributed by atoms with van der Waals surface area (Å²) in [6.07, 6.45) is 7.80. The summed E-state index contributed by atoms with van der Waals surface area (Å²) in [5.74, 6) is -2.14. The van der Waals surface area contributed by atoms with Crippen LogP contribution in [0.3, 0.4) is 0 Å². The number of rotatable bonds is 9. The van der Waals surface area contributed by atoms with Crippen molar-refractivity contribution in [2.24, 2.45) is 4.99 Å². The third-order valence-electron chi connectivity index (χ3n) is 7.20. The van der Waals surface area contributed by atoms with Gasteiger partial charge in [0.15, 0.2) is 28.4 Å². The molecule has 0 amide bonds. The average Bonchev–Trinajstić information content (AvgIpc) is 3.69. The summed E-state index contributed by atoms with van der Waals surface area (Å²) in [5.41, 5.74) is 0.835. The molecule has 0 spiro atoms. The monoisotopic (exact) mass is 618 g/mol. The van der Waals surface area contributed by atoms with Gasteiger partial charge in [0.1, 0.15) is 12.3 Å². The highest BCUT2D eigenvalue weighted by molar-refractivity contribution is 7.11. The van der Waals surface area contributed by atoms with Gasteiger partial charge in [0.05, 0.1) is 35.9 Å². The zero-order valence-electron chi connectivity index (χ0n) is 23.0. The minimum absolute atomic E-state index is 0.0522. The van der Waals surface area contributed by atoms with E-state index in [9.17, 15) is 18.4 Å². The predicted octanol–water partition coefficient (Wildman–Crippen LogP) is 6.15. The first kappa shape index (κ1) is 29.8. The van der Waals surface area contributed by atoms with E-state index in [2.05, 4.69) is 9.97 Å². The van der Waals surface area contributed by atoms with Crippen molar-refractivity contribution in [1.29, 1.82) is 0 Å². The van der Waals surface area contributed by atoms with E-state index >= 15 is 0 Å². The Balaban J connectivity index is 1.42. The SMILES string of the molecule is CCOC(=O)Cc1coc([C@H]2CC[C@@H](N3C=C(C(=O)OCC)C(c4ccc(F)c(F)c4Cl)N=C3c3nccs3)CC2)n1. The van der Waals surface area contributed by atoms with E-state index in [0.717, 1.165) is 18.9 Å². The number of aromatic nitrogens is 2. The quantitative estimate of drug-likeness (QED) is 0.208. The molecule has 42 heavy (non-hydrogen) atoms. The Morgan fingerprint density at radius 1 is 1.14 bits per heavy atom. The van der Waals surface area contributed by atoms with Gasteiger partial charge in [-0.25, -0.2) is 23.5 Å². The largest absolute Gasteiger partial charge is 0.466 e. The lowest BCUT2D eigenvalue weighted by Gasteiger charge is -2.39. The summed E-state index contributed by atoms with van der Waals surface area (Å²) in [5, 5.41) is 1.98. The molecule has 1 aliphatic heterocycles. The van der Waals surface area contributed by atoms with E-state index in [4.69, 9.17) is 30.5 Å². The first-order valence-electron chi connectivity index (χ1n) is 13.7. The molecule has 5 rings (SSSR count). The average molecular weight is 619 g/mol. The molecule has 1 fully saturated rings. The second kappa shape index (κ2) is 13.1. The molecular formula is C29H29ClF2N4O5S. The highest BCUT2D eigenvalue weighted by Gasteiger charge is 2.38. The minimum Gasteiger partial charge on any atom is -0.466 e. The van der Waals surface area contributed by atoms with Gasteiger partial charge in [-0.1, -0.05) is 17.7 Å². The number of oxazole rings is 1. The number of benzene rings is 1. The van der Waals surface area contributed by atoms with Gasteiger partial charge in [-0.15, -0.1) is 11.3 Å². The van der Waals surface area contributed by atoms with Gasteiger partial charge in [0.2, 0.25) is 0 Å². The predicted molar refractivity (Wildman–Crippen MR) is 151 cm³/mol. The number of amidine groups is 1. The lowest BCUT2D eigenvalue weighted by molar-refractivity contribution is -0.142. The molecule has 222 valence electrons. The smallest absolute Gasteiger partial charge is 0.338 e. The van der Waals surface area contributed by atoms with E-state index in [1.165, 1.54) is 23.7 Å². The zero-order valence-corrected chi connectivity index (χ0v) is 24.6. The molecule has 0 saturated heterocycles. The third-order valence-corrected chi connectivity index (χ3v) is 8.36. The van der Waals surface area contributed by atoms with Crippen LogP contribution in [0.5, 0.6) is 0 Å². The summed E-state index contributed by atoms with van der Waals surface area (Å²) in [4.78, 5) is 40.7. The number of nitrogens with zero attached hydrogens (tertiary/aromatic N) is 4. The van der Waals surface area contributed by atoms with Crippen molar-refractivity contribution in [2.45, 2.75) is 64.0 Å². The molecule has 3 aromatic rings. The van der Waals surface area contributed by atoms with Gasteiger partial charge >= 0.3 is 11.9 Å². The molecule has 0 bridgehead atoms. The van der Waals surface area contributed by atoms with Gasteiger partial charge in [0, 0.05) is 35.3 Å². The summed E-state index contributed by atoms with van der Waals surface area (Å²) in [6.45, 7) is 3.86. The number of carbonyl (C=O) groups excluding carboxylic acids is 2. The molecule has 9 nitrogen and oxygen atoms in total. The summed E-state index contributed by atoms with van der Waals surface area (Å²) < 4.78 is 44.4. The Morgan fingerprint density at radius 2 is 1.90 bits per heavy atom. The molecule has 13 heteroatoms. The molecule has 2 aromatic heterocycles. The molecule has 1 aliphatic carbocycles. The topological polar surface area (TPSA) is 107 Å². The maximum absolute atomic E-state index is 14.5. The maximum atomic E-state index is 14.5. The molecular weight excluding hydrogens is 590 g/mol. The summed E-state index contributed by atoms with van der Waals surface area (Å²) in [7, 11) is 0. The van der Waals surface area contributed by atoms with Gasteiger partial charge in [0.25, 0.3) is 0 Å². The number of thiazole rings is 1. The molecule has 0 N–H and O–H groups in total. The fourth-order valence-corrected chi connectivity index (χ4v) is 6.13. The van der Waals surface area contributed by atoms with Gasteiger partial charge in [-0.2, -0.15) is 0 Å². The van der Waals surface area contributed by atoms with Crippen molar-refractivity contribution in [3.05, 3.63) is 80.6 Å². The molecule has 1 aromatic carbocycles. The third kappa shape index (κ3) is 6.24. The van der Waals surface area contributed by atoms with E-state index < -0.39 is 28.7 Å². The van der Waals surface area contributed by atoms with Crippen LogP contribution in [0.1, 0.15) is 73.6 Å². The van der Waals surface area contributed by atoms with Crippen molar-refractivity contribution in [2.75, 3.05) is 13.2 Å². The van der Waals surface area contributed by atoms with Crippen LogP contribution in [-0.4, -0.2) is 51.9 Å². The first-order valence-corrected chi connectivity index (χ1v) is 14.9. The second-order valence-corrected chi connectivity index (χ2v) is 11.1. The maximum Gasteiger partial charge on any atom is 0.338 e.